The van der Waals surface area contributed by atoms with Crippen LogP contribution in [0.5, 0.6) is 5.75 Å². The van der Waals surface area contributed by atoms with Crippen LogP contribution >= 0.6 is 0 Å². The number of hydrogen-bond donors (Lipinski definition) is 0. The van der Waals surface area contributed by atoms with E-state index in [2.05, 4.69) is 4.90 Å². The van der Waals surface area contributed by atoms with Gasteiger partial charge >= 0.3 is 0 Å². The third-order valence-electron chi connectivity index (χ3n) is 5.55. The minimum Gasteiger partial charge on any atom is -0.491 e. The van der Waals surface area contributed by atoms with Gasteiger partial charge in [-0.2, -0.15) is 0 Å². The lowest BCUT2D eigenvalue weighted by atomic mass is 10.0. The van der Waals surface area contributed by atoms with Gasteiger partial charge < -0.3 is 9.64 Å². The lowest BCUT2D eigenvalue weighted by Gasteiger charge is -2.20. The van der Waals surface area contributed by atoms with Crippen molar-refractivity contribution in [2.75, 3.05) is 19.6 Å². The van der Waals surface area contributed by atoms with Crippen molar-refractivity contribution in [3.63, 3.8) is 0 Å². The van der Waals surface area contributed by atoms with Crippen LogP contribution in [0.15, 0.2) is 60.3 Å². The van der Waals surface area contributed by atoms with Crippen molar-refractivity contribution in [2.24, 2.45) is 0 Å². The molecular weight excluding hydrogens is 376 g/mol. The van der Waals surface area contributed by atoms with Crippen molar-refractivity contribution in [3.05, 3.63) is 71.4 Å². The minimum absolute atomic E-state index is 0.0818. The van der Waals surface area contributed by atoms with Crippen molar-refractivity contribution in [3.8, 4) is 5.75 Å². The maximum absolute atomic E-state index is 13.4. The van der Waals surface area contributed by atoms with Crippen LogP contribution in [0.1, 0.15) is 37.8 Å². The number of amides is 2. The summed E-state index contributed by atoms with van der Waals surface area (Å²) in [7, 11) is 0. The largest absolute Gasteiger partial charge is 0.491 e. The molecule has 0 atom stereocenters. The fourth-order valence-electron chi connectivity index (χ4n) is 4.12. The molecule has 1 saturated heterocycles. The predicted octanol–water partition coefficient (Wildman–Crippen LogP) is 3.89. The Bertz CT molecular complexity index is 942. The van der Waals surface area contributed by atoms with Gasteiger partial charge in [-0.3, -0.25) is 14.5 Å². The quantitative estimate of drug-likeness (QED) is 0.657. The first-order valence-corrected chi connectivity index (χ1v) is 10.7. The first kappa shape index (κ1) is 20.2. The summed E-state index contributed by atoms with van der Waals surface area (Å²) in [5.74, 6) is 0.389. The zero-order valence-corrected chi connectivity index (χ0v) is 17.6. The number of imide groups is 1. The number of carbonyl (C=O) groups excluding carboxylic acids is 2. The van der Waals surface area contributed by atoms with Crippen LogP contribution in [0, 0.1) is 0 Å². The molecule has 2 aliphatic rings. The second-order valence-corrected chi connectivity index (χ2v) is 8.11. The summed E-state index contributed by atoms with van der Waals surface area (Å²) in [6, 6.07) is 17.5. The van der Waals surface area contributed by atoms with Crippen molar-refractivity contribution in [1.29, 1.82) is 0 Å². The van der Waals surface area contributed by atoms with Crippen molar-refractivity contribution in [1.82, 2.24) is 9.80 Å². The molecule has 5 heteroatoms. The molecule has 1 fully saturated rings. The minimum atomic E-state index is -0.199. The van der Waals surface area contributed by atoms with Gasteiger partial charge in [0.25, 0.3) is 11.8 Å². The third kappa shape index (κ3) is 4.11. The number of nitrogens with zero attached hydrogens (tertiary/aromatic N) is 2. The van der Waals surface area contributed by atoms with Gasteiger partial charge in [0.05, 0.1) is 11.7 Å². The van der Waals surface area contributed by atoms with Crippen LogP contribution in [0.4, 0.5) is 0 Å². The van der Waals surface area contributed by atoms with E-state index in [-0.39, 0.29) is 17.9 Å². The molecule has 0 radical (unpaired) electrons. The van der Waals surface area contributed by atoms with Gasteiger partial charge in [0.2, 0.25) is 0 Å². The van der Waals surface area contributed by atoms with E-state index < -0.39 is 0 Å². The van der Waals surface area contributed by atoms with Crippen molar-refractivity contribution >= 4 is 17.4 Å². The molecule has 2 amide bonds. The Balaban J connectivity index is 1.62. The first-order valence-electron chi connectivity index (χ1n) is 10.7. The summed E-state index contributed by atoms with van der Waals surface area (Å²) in [5, 5.41) is 0. The summed E-state index contributed by atoms with van der Waals surface area (Å²) in [5.41, 5.74) is 2.96. The highest BCUT2D eigenvalue weighted by Gasteiger charge is 2.41. The summed E-state index contributed by atoms with van der Waals surface area (Å²) >= 11 is 0. The fraction of sp³-hybridized carbons (Fsp3) is 0.360. The molecule has 0 saturated carbocycles. The van der Waals surface area contributed by atoms with E-state index in [9.17, 15) is 9.59 Å². The number of hydrogen-bond acceptors (Lipinski definition) is 4. The summed E-state index contributed by atoms with van der Waals surface area (Å²) in [6.07, 6.45) is 2.82. The maximum Gasteiger partial charge on any atom is 0.277 e. The molecule has 0 spiro atoms. The Morgan fingerprint density at radius 3 is 2.20 bits per heavy atom. The Hall–Kier alpha value is -3.08. The monoisotopic (exact) mass is 404 g/mol. The van der Waals surface area contributed by atoms with Crippen LogP contribution in [-0.2, 0) is 16.0 Å². The van der Waals surface area contributed by atoms with Gasteiger partial charge in [-0.25, -0.2) is 0 Å². The van der Waals surface area contributed by atoms with Gasteiger partial charge in [0.15, 0.2) is 0 Å². The lowest BCUT2D eigenvalue weighted by molar-refractivity contribution is -0.137. The van der Waals surface area contributed by atoms with E-state index in [0.29, 0.717) is 24.2 Å². The average Bonchev–Trinajstić information content (AvgIpc) is 3.34. The van der Waals surface area contributed by atoms with Gasteiger partial charge in [-0.05, 0) is 56.4 Å². The number of ether oxygens (including phenoxy) is 1. The Labute approximate surface area is 177 Å². The highest BCUT2D eigenvalue weighted by atomic mass is 16.5. The Morgan fingerprint density at radius 2 is 1.57 bits per heavy atom. The molecular formula is C25H28N2O3. The summed E-state index contributed by atoms with van der Waals surface area (Å²) in [6.45, 7) is 5.98. The standard InChI is InChI=1S/C25H28N2O3/c1-18(2)30-21-12-10-20(11-13-21)22-23(26-15-6-7-16-26)25(29)27(24(22)28)17-14-19-8-4-3-5-9-19/h3-5,8-13,18H,6-7,14-17H2,1-2H3. The SMILES string of the molecule is CC(C)Oc1ccc(C2=C(N3CCCC3)C(=O)N(CCc3ccccc3)C2=O)cc1. The predicted molar refractivity (Wildman–Crippen MR) is 117 cm³/mol. The topological polar surface area (TPSA) is 49.9 Å². The van der Waals surface area contributed by atoms with Gasteiger partial charge in [-0.15, -0.1) is 0 Å². The molecule has 2 aromatic carbocycles. The smallest absolute Gasteiger partial charge is 0.277 e. The lowest BCUT2D eigenvalue weighted by Crippen LogP contribution is -2.36. The van der Waals surface area contributed by atoms with Crippen molar-refractivity contribution in [2.45, 2.75) is 39.2 Å². The number of rotatable bonds is 7. The molecule has 0 unspecified atom stereocenters. The first-order chi connectivity index (χ1) is 14.5. The van der Waals surface area contributed by atoms with Crippen LogP contribution in [0.2, 0.25) is 0 Å². The normalized spacial score (nSPS) is 16.9. The maximum atomic E-state index is 13.4. The molecule has 0 aliphatic carbocycles. The van der Waals surface area contributed by atoms with Crippen molar-refractivity contribution < 1.29 is 14.3 Å². The second kappa shape index (κ2) is 8.74. The van der Waals surface area contributed by atoms with Crippen LogP contribution < -0.4 is 4.74 Å². The Kier molecular flexibility index (Phi) is 5.88. The zero-order chi connectivity index (χ0) is 21.1. The Morgan fingerprint density at radius 1 is 0.900 bits per heavy atom. The zero-order valence-electron chi connectivity index (χ0n) is 17.6. The van der Waals surface area contributed by atoms with E-state index in [0.717, 1.165) is 42.8 Å². The molecule has 0 bridgehead atoms. The van der Waals surface area contributed by atoms with Gasteiger partial charge in [-0.1, -0.05) is 42.5 Å². The molecule has 156 valence electrons. The molecule has 2 aliphatic heterocycles. The van der Waals surface area contributed by atoms with Gasteiger partial charge in [0.1, 0.15) is 11.4 Å². The fourth-order valence-corrected chi connectivity index (χ4v) is 4.12. The highest BCUT2D eigenvalue weighted by molar-refractivity contribution is 6.35. The summed E-state index contributed by atoms with van der Waals surface area (Å²) in [4.78, 5) is 30.1. The molecule has 2 aromatic rings. The van der Waals surface area contributed by atoms with E-state index in [1.807, 2.05) is 68.4 Å². The van der Waals surface area contributed by atoms with Gasteiger partial charge in [0, 0.05) is 19.6 Å². The van der Waals surface area contributed by atoms with E-state index >= 15 is 0 Å². The average molecular weight is 405 g/mol. The third-order valence-corrected chi connectivity index (χ3v) is 5.55. The van der Waals surface area contributed by atoms with E-state index in [4.69, 9.17) is 4.74 Å². The van der Waals surface area contributed by atoms with Crippen LogP contribution in [-0.4, -0.2) is 47.4 Å². The van der Waals surface area contributed by atoms with Crippen LogP contribution in [0.3, 0.4) is 0 Å². The summed E-state index contributed by atoms with van der Waals surface area (Å²) < 4.78 is 5.73. The molecule has 0 N–H and O–H groups in total. The second-order valence-electron chi connectivity index (χ2n) is 8.11. The molecule has 5 nitrogen and oxygen atoms in total. The molecule has 0 aromatic heterocycles. The van der Waals surface area contributed by atoms with E-state index in [1.165, 1.54) is 4.90 Å². The molecule has 30 heavy (non-hydrogen) atoms. The highest BCUT2D eigenvalue weighted by Crippen LogP contribution is 2.34. The van der Waals surface area contributed by atoms with E-state index in [1.54, 1.807) is 0 Å². The molecule has 2 heterocycles. The molecule has 4 rings (SSSR count). The number of carbonyl (C=O) groups is 2. The van der Waals surface area contributed by atoms with Crippen LogP contribution in [0.25, 0.3) is 5.57 Å². The number of likely N-dealkylation sites (tertiary alicyclic amines) is 1. The number of benzene rings is 2.